The lowest BCUT2D eigenvalue weighted by molar-refractivity contribution is -0.152. The van der Waals surface area contributed by atoms with E-state index >= 15 is 0 Å². The summed E-state index contributed by atoms with van der Waals surface area (Å²) in [6, 6.07) is 7.46. The van der Waals surface area contributed by atoms with Crippen molar-refractivity contribution in [3.63, 3.8) is 0 Å². The molecule has 6 nitrogen and oxygen atoms in total. The van der Waals surface area contributed by atoms with E-state index in [1.54, 1.807) is 14.0 Å². The number of ether oxygens (including phenoxy) is 2. The number of carbonyl (C=O) groups excluding carboxylic acids is 3. The van der Waals surface area contributed by atoms with E-state index in [-0.39, 0.29) is 25.0 Å². The zero-order valence-electron chi connectivity index (χ0n) is 13.4. The molecule has 0 saturated carbocycles. The topological polar surface area (TPSA) is 72.9 Å². The van der Waals surface area contributed by atoms with Crippen molar-refractivity contribution in [3.05, 3.63) is 35.9 Å². The molecule has 24 heavy (non-hydrogen) atoms. The maximum Gasteiger partial charge on any atom is 0.326 e. The molecule has 0 radical (unpaired) electrons. The van der Waals surface area contributed by atoms with Crippen molar-refractivity contribution >= 4 is 34.5 Å². The number of carbonyl (C=O) groups is 3. The van der Waals surface area contributed by atoms with E-state index in [9.17, 15) is 14.4 Å². The van der Waals surface area contributed by atoms with Crippen LogP contribution in [0, 0.1) is 5.92 Å². The summed E-state index contributed by atoms with van der Waals surface area (Å²) in [4.78, 5) is 38.3. The number of benzene rings is 1. The van der Waals surface area contributed by atoms with Crippen LogP contribution in [0.3, 0.4) is 0 Å². The van der Waals surface area contributed by atoms with Crippen LogP contribution in [0.15, 0.2) is 30.3 Å². The highest BCUT2D eigenvalue weighted by Gasteiger charge is 2.51. The fourth-order valence-electron chi connectivity index (χ4n) is 2.76. The smallest absolute Gasteiger partial charge is 0.326 e. The molecular formula is C17H17NO5S. The van der Waals surface area contributed by atoms with E-state index in [2.05, 4.69) is 0 Å². The lowest BCUT2D eigenvalue weighted by atomic mass is 10.1. The van der Waals surface area contributed by atoms with Crippen LogP contribution in [-0.4, -0.2) is 48.2 Å². The fourth-order valence-corrected chi connectivity index (χ4v) is 4.10. The Morgan fingerprint density at radius 1 is 1.21 bits per heavy atom. The molecule has 2 aliphatic rings. The molecule has 7 heteroatoms. The molecule has 0 aromatic heterocycles. The minimum absolute atomic E-state index is 0.220. The average molecular weight is 347 g/mol. The number of esters is 1. The minimum atomic E-state index is -0.566. The predicted octanol–water partition coefficient (Wildman–Crippen LogP) is 1.70. The third kappa shape index (κ3) is 2.91. The average Bonchev–Trinajstić information content (AvgIpc) is 3.11. The second-order valence-electron chi connectivity index (χ2n) is 5.39. The Kier molecular flexibility index (Phi) is 4.62. The Hall–Kier alpha value is -2.28. The first-order valence-electron chi connectivity index (χ1n) is 7.59. The normalized spacial score (nSPS) is 22.4. The molecule has 0 aliphatic carbocycles. The maximum atomic E-state index is 12.4. The first kappa shape index (κ1) is 16.6. The van der Waals surface area contributed by atoms with Crippen molar-refractivity contribution in [2.75, 3.05) is 20.3 Å². The molecule has 3 rings (SSSR count). The molecule has 0 N–H and O–H groups in total. The lowest BCUT2D eigenvalue weighted by Gasteiger charge is -2.14. The molecule has 2 atom stereocenters. The van der Waals surface area contributed by atoms with Gasteiger partial charge in [0.1, 0.15) is 17.5 Å². The maximum absolute atomic E-state index is 12.4. The summed E-state index contributed by atoms with van der Waals surface area (Å²) in [6.07, 6.45) is 1.81. The highest BCUT2D eigenvalue weighted by Crippen LogP contribution is 2.47. The lowest BCUT2D eigenvalue weighted by Crippen LogP contribution is -2.37. The summed E-state index contributed by atoms with van der Waals surface area (Å²) >= 11 is 1.36. The summed E-state index contributed by atoms with van der Waals surface area (Å²) in [7, 11) is 1.60. The van der Waals surface area contributed by atoms with Gasteiger partial charge in [0, 0.05) is 4.91 Å². The minimum Gasteiger partial charge on any atom is -0.497 e. The highest BCUT2D eigenvalue weighted by molar-refractivity contribution is 8.09. The third-order valence-corrected chi connectivity index (χ3v) is 5.31. The van der Waals surface area contributed by atoms with Gasteiger partial charge in [-0.05, 0) is 24.6 Å². The number of fused-ring (bicyclic) bond motifs is 1. The van der Waals surface area contributed by atoms with Crippen LogP contribution in [0.1, 0.15) is 12.5 Å². The van der Waals surface area contributed by atoms with Crippen molar-refractivity contribution in [1.82, 2.24) is 4.90 Å². The van der Waals surface area contributed by atoms with E-state index in [0.717, 1.165) is 21.1 Å². The zero-order chi connectivity index (χ0) is 17.3. The van der Waals surface area contributed by atoms with Gasteiger partial charge in [-0.25, -0.2) is 0 Å². The van der Waals surface area contributed by atoms with E-state index in [0.29, 0.717) is 0 Å². The monoisotopic (exact) mass is 347 g/mol. The van der Waals surface area contributed by atoms with Gasteiger partial charge in [0.2, 0.25) is 11.8 Å². The largest absolute Gasteiger partial charge is 0.497 e. The Bertz CT molecular complexity index is 712. The predicted molar refractivity (Wildman–Crippen MR) is 89.2 cm³/mol. The number of rotatable bonds is 5. The van der Waals surface area contributed by atoms with Gasteiger partial charge in [-0.1, -0.05) is 18.2 Å². The number of hydrogen-bond donors (Lipinski definition) is 0. The quantitative estimate of drug-likeness (QED) is 0.596. The number of likely N-dealkylation sites (tertiary alicyclic amines) is 1. The fraction of sp³-hybridized carbons (Fsp3) is 0.353. The van der Waals surface area contributed by atoms with Crippen LogP contribution >= 0.6 is 11.8 Å². The molecule has 1 fully saturated rings. The molecular weight excluding hydrogens is 330 g/mol. The zero-order valence-corrected chi connectivity index (χ0v) is 14.2. The Balaban J connectivity index is 1.76. The molecule has 1 aromatic rings. The number of amides is 2. The molecule has 0 bridgehead atoms. The van der Waals surface area contributed by atoms with E-state index in [4.69, 9.17) is 9.47 Å². The van der Waals surface area contributed by atoms with E-state index in [1.807, 2.05) is 30.3 Å². The molecule has 0 spiro atoms. The van der Waals surface area contributed by atoms with Crippen LogP contribution in [-0.2, 0) is 19.1 Å². The summed E-state index contributed by atoms with van der Waals surface area (Å²) < 4.78 is 9.94. The Morgan fingerprint density at radius 3 is 2.50 bits per heavy atom. The van der Waals surface area contributed by atoms with Crippen LogP contribution < -0.4 is 4.74 Å². The standard InChI is InChI=1S/C17H17NO5S/c1-3-23-14(19)9-18-16(20)12-8-13(24-15(12)17(18)21)10-4-6-11(22-2)7-5-10/h4-8,12,15H,3,9H2,1-2H3. The molecule has 2 heterocycles. The van der Waals surface area contributed by atoms with Gasteiger partial charge in [0.15, 0.2) is 0 Å². The van der Waals surface area contributed by atoms with Crippen molar-refractivity contribution in [3.8, 4) is 5.75 Å². The number of methoxy groups -OCH3 is 1. The van der Waals surface area contributed by atoms with Crippen molar-refractivity contribution in [2.45, 2.75) is 12.2 Å². The van der Waals surface area contributed by atoms with Gasteiger partial charge in [-0.3, -0.25) is 19.3 Å². The SMILES string of the molecule is CCOC(=O)CN1C(=O)C2C=C(c3ccc(OC)cc3)SC2C1=O. The number of hydrogen-bond acceptors (Lipinski definition) is 6. The number of nitrogens with zero attached hydrogens (tertiary/aromatic N) is 1. The molecule has 2 aliphatic heterocycles. The van der Waals surface area contributed by atoms with E-state index in [1.165, 1.54) is 11.8 Å². The Labute approximate surface area is 143 Å². The van der Waals surface area contributed by atoms with Crippen molar-refractivity contribution < 1.29 is 23.9 Å². The molecule has 2 amide bonds. The van der Waals surface area contributed by atoms with Gasteiger partial charge in [0.05, 0.1) is 19.6 Å². The van der Waals surface area contributed by atoms with Crippen LogP contribution in [0.5, 0.6) is 5.75 Å². The van der Waals surface area contributed by atoms with Crippen molar-refractivity contribution in [1.29, 1.82) is 0 Å². The second kappa shape index (κ2) is 6.68. The van der Waals surface area contributed by atoms with Gasteiger partial charge in [-0.2, -0.15) is 0 Å². The van der Waals surface area contributed by atoms with Gasteiger partial charge in [0.25, 0.3) is 0 Å². The molecule has 2 unspecified atom stereocenters. The van der Waals surface area contributed by atoms with Gasteiger partial charge >= 0.3 is 5.97 Å². The van der Waals surface area contributed by atoms with Gasteiger partial charge in [-0.15, -0.1) is 11.8 Å². The molecule has 1 saturated heterocycles. The number of thioether (sulfide) groups is 1. The molecule has 126 valence electrons. The highest BCUT2D eigenvalue weighted by atomic mass is 32.2. The second-order valence-corrected chi connectivity index (χ2v) is 6.57. The summed E-state index contributed by atoms with van der Waals surface area (Å²) in [5.41, 5.74) is 0.938. The van der Waals surface area contributed by atoms with E-state index < -0.39 is 17.1 Å². The van der Waals surface area contributed by atoms with Crippen LogP contribution in [0.4, 0.5) is 0 Å². The number of imide groups is 1. The third-order valence-electron chi connectivity index (χ3n) is 3.94. The summed E-state index contributed by atoms with van der Waals surface area (Å²) in [5.74, 6) is -1.01. The summed E-state index contributed by atoms with van der Waals surface area (Å²) in [6.45, 7) is 1.59. The van der Waals surface area contributed by atoms with Crippen LogP contribution in [0.25, 0.3) is 4.91 Å². The van der Waals surface area contributed by atoms with Crippen LogP contribution in [0.2, 0.25) is 0 Å². The summed E-state index contributed by atoms with van der Waals surface area (Å²) in [5, 5.41) is -0.496. The Morgan fingerprint density at radius 2 is 1.92 bits per heavy atom. The first-order chi connectivity index (χ1) is 11.5. The van der Waals surface area contributed by atoms with Gasteiger partial charge < -0.3 is 9.47 Å². The first-order valence-corrected chi connectivity index (χ1v) is 8.47. The van der Waals surface area contributed by atoms with Crippen molar-refractivity contribution in [2.24, 2.45) is 5.92 Å². The molecule has 1 aromatic carbocycles.